The summed E-state index contributed by atoms with van der Waals surface area (Å²) in [6.45, 7) is 4.15. The summed E-state index contributed by atoms with van der Waals surface area (Å²) < 4.78 is 23.6. The molecule has 1 aromatic carbocycles. The topological polar surface area (TPSA) is 72.9 Å². The third-order valence-corrected chi connectivity index (χ3v) is 5.98. The first-order valence-electron chi connectivity index (χ1n) is 10.3. The number of amides is 1. The minimum absolute atomic E-state index is 0.190. The summed E-state index contributed by atoms with van der Waals surface area (Å²) in [5.41, 5.74) is 0.744. The lowest BCUT2D eigenvalue weighted by atomic mass is 9.83. The summed E-state index contributed by atoms with van der Waals surface area (Å²) in [4.78, 5) is 39.3. The van der Waals surface area contributed by atoms with Gasteiger partial charge in [0.15, 0.2) is 0 Å². The SMILES string of the molecule is CCOC(=O)CC(=O)N(Cc1ccc(F)cc1)[C@H]1[C@H]2CC[C@H](C2)[C@H]1C(=O)OCC. The first kappa shape index (κ1) is 21.3. The zero-order chi connectivity index (χ0) is 21.0. The second-order valence-corrected chi connectivity index (χ2v) is 7.73. The van der Waals surface area contributed by atoms with Crippen LogP contribution in [0.1, 0.15) is 45.1 Å². The number of rotatable bonds is 8. The number of nitrogens with zero attached hydrogens (tertiary/aromatic N) is 1. The Balaban J connectivity index is 1.88. The average molecular weight is 405 g/mol. The maximum absolute atomic E-state index is 13.3. The summed E-state index contributed by atoms with van der Waals surface area (Å²) in [5, 5.41) is 0. The number of fused-ring (bicyclic) bond motifs is 2. The summed E-state index contributed by atoms with van der Waals surface area (Å²) in [7, 11) is 0. The monoisotopic (exact) mass is 405 g/mol. The van der Waals surface area contributed by atoms with Crippen LogP contribution in [0.5, 0.6) is 0 Å². The molecule has 29 heavy (non-hydrogen) atoms. The van der Waals surface area contributed by atoms with Crippen LogP contribution in [0.15, 0.2) is 24.3 Å². The van der Waals surface area contributed by atoms with Crippen molar-refractivity contribution in [2.24, 2.45) is 17.8 Å². The zero-order valence-electron chi connectivity index (χ0n) is 16.9. The highest BCUT2D eigenvalue weighted by Gasteiger charge is 2.54. The summed E-state index contributed by atoms with van der Waals surface area (Å²) in [6, 6.07) is 5.60. The van der Waals surface area contributed by atoms with E-state index in [0.29, 0.717) is 0 Å². The van der Waals surface area contributed by atoms with Crippen molar-refractivity contribution < 1.29 is 28.2 Å². The van der Waals surface area contributed by atoms with Crippen molar-refractivity contribution in [1.29, 1.82) is 0 Å². The number of carbonyl (C=O) groups is 3. The molecule has 0 aliphatic heterocycles. The molecule has 0 spiro atoms. The van der Waals surface area contributed by atoms with E-state index in [0.717, 1.165) is 24.8 Å². The Morgan fingerprint density at radius 1 is 1.03 bits per heavy atom. The summed E-state index contributed by atoms with van der Waals surface area (Å²) in [6.07, 6.45) is 2.39. The molecule has 2 aliphatic rings. The Bertz CT molecular complexity index is 750. The van der Waals surface area contributed by atoms with E-state index in [2.05, 4.69) is 0 Å². The van der Waals surface area contributed by atoms with Gasteiger partial charge in [0.1, 0.15) is 12.2 Å². The van der Waals surface area contributed by atoms with E-state index in [-0.39, 0.29) is 67.7 Å². The number of halogens is 1. The first-order valence-corrected chi connectivity index (χ1v) is 10.3. The Morgan fingerprint density at radius 3 is 2.34 bits per heavy atom. The van der Waals surface area contributed by atoms with Crippen molar-refractivity contribution in [2.45, 2.75) is 52.1 Å². The van der Waals surface area contributed by atoms with Crippen LogP contribution in [0.25, 0.3) is 0 Å². The predicted molar refractivity (Wildman–Crippen MR) is 103 cm³/mol. The van der Waals surface area contributed by atoms with Crippen LogP contribution in [0.2, 0.25) is 0 Å². The molecular weight excluding hydrogens is 377 g/mol. The molecule has 0 saturated heterocycles. The van der Waals surface area contributed by atoms with Gasteiger partial charge in [-0.3, -0.25) is 14.4 Å². The van der Waals surface area contributed by atoms with Crippen LogP contribution in [0.4, 0.5) is 4.39 Å². The third kappa shape index (κ3) is 4.77. The van der Waals surface area contributed by atoms with E-state index >= 15 is 0 Å². The van der Waals surface area contributed by atoms with Crippen LogP contribution in [0.3, 0.4) is 0 Å². The van der Waals surface area contributed by atoms with Gasteiger partial charge in [0.25, 0.3) is 0 Å². The van der Waals surface area contributed by atoms with Crippen molar-refractivity contribution in [3.8, 4) is 0 Å². The zero-order valence-corrected chi connectivity index (χ0v) is 16.9. The molecule has 2 aliphatic carbocycles. The maximum atomic E-state index is 13.3. The second kappa shape index (κ2) is 9.37. The molecule has 0 unspecified atom stereocenters. The lowest BCUT2D eigenvalue weighted by Crippen LogP contribution is -2.50. The van der Waals surface area contributed by atoms with Gasteiger partial charge in [-0.05, 0) is 62.6 Å². The Morgan fingerprint density at radius 2 is 1.69 bits per heavy atom. The van der Waals surface area contributed by atoms with E-state index < -0.39 is 5.97 Å². The fraction of sp³-hybridized carbons (Fsp3) is 0.591. The second-order valence-electron chi connectivity index (χ2n) is 7.73. The molecule has 4 atom stereocenters. The molecule has 2 bridgehead atoms. The van der Waals surface area contributed by atoms with Gasteiger partial charge in [-0.1, -0.05) is 12.1 Å². The molecule has 0 N–H and O–H groups in total. The Labute approximate surface area is 170 Å². The van der Waals surface area contributed by atoms with E-state index in [1.807, 2.05) is 0 Å². The van der Waals surface area contributed by atoms with Crippen molar-refractivity contribution in [3.63, 3.8) is 0 Å². The van der Waals surface area contributed by atoms with Gasteiger partial charge in [-0.15, -0.1) is 0 Å². The number of benzene rings is 1. The normalized spacial score (nSPS) is 24.9. The van der Waals surface area contributed by atoms with Crippen molar-refractivity contribution in [2.75, 3.05) is 13.2 Å². The Kier molecular flexibility index (Phi) is 6.87. The van der Waals surface area contributed by atoms with E-state index in [4.69, 9.17) is 9.47 Å². The van der Waals surface area contributed by atoms with E-state index in [1.54, 1.807) is 30.9 Å². The van der Waals surface area contributed by atoms with Gasteiger partial charge < -0.3 is 14.4 Å². The predicted octanol–water partition coefficient (Wildman–Crippen LogP) is 3.09. The van der Waals surface area contributed by atoms with Crippen LogP contribution < -0.4 is 0 Å². The smallest absolute Gasteiger partial charge is 0.315 e. The van der Waals surface area contributed by atoms with Gasteiger partial charge in [0.2, 0.25) is 5.91 Å². The van der Waals surface area contributed by atoms with Crippen LogP contribution in [0, 0.1) is 23.6 Å². The van der Waals surface area contributed by atoms with Gasteiger partial charge in [-0.25, -0.2) is 4.39 Å². The quantitative estimate of drug-likeness (QED) is 0.491. The fourth-order valence-electron chi connectivity index (χ4n) is 4.86. The van der Waals surface area contributed by atoms with E-state index in [9.17, 15) is 18.8 Å². The highest BCUT2D eigenvalue weighted by atomic mass is 19.1. The van der Waals surface area contributed by atoms with Crippen LogP contribution >= 0.6 is 0 Å². The molecule has 0 aromatic heterocycles. The highest BCUT2D eigenvalue weighted by molar-refractivity contribution is 5.94. The molecule has 2 fully saturated rings. The number of hydrogen-bond acceptors (Lipinski definition) is 5. The molecule has 0 radical (unpaired) electrons. The molecule has 0 heterocycles. The van der Waals surface area contributed by atoms with Crippen molar-refractivity contribution >= 4 is 17.8 Å². The molecule has 2 saturated carbocycles. The molecule has 7 heteroatoms. The van der Waals surface area contributed by atoms with Gasteiger partial charge in [0, 0.05) is 12.6 Å². The molecule has 3 rings (SSSR count). The van der Waals surface area contributed by atoms with Crippen LogP contribution in [-0.4, -0.2) is 42.0 Å². The van der Waals surface area contributed by atoms with E-state index in [1.165, 1.54) is 12.1 Å². The third-order valence-electron chi connectivity index (χ3n) is 5.98. The largest absolute Gasteiger partial charge is 0.466 e. The minimum atomic E-state index is -0.586. The standard InChI is InChI=1S/C22H28FNO5/c1-3-28-19(26)12-18(25)24(13-14-5-9-17(23)10-6-14)21-16-8-7-15(11-16)20(21)22(27)29-4-2/h5-6,9-10,15-16,20-21H,3-4,7-8,11-13H2,1-2H3/t15-,16+,20-,21+/m1/s1. The Hall–Kier alpha value is -2.44. The molecule has 6 nitrogen and oxygen atoms in total. The number of carbonyl (C=O) groups excluding carboxylic acids is 3. The van der Waals surface area contributed by atoms with Gasteiger partial charge in [-0.2, -0.15) is 0 Å². The molecule has 1 amide bonds. The number of hydrogen-bond donors (Lipinski definition) is 0. The minimum Gasteiger partial charge on any atom is -0.466 e. The van der Waals surface area contributed by atoms with Gasteiger partial charge in [0.05, 0.1) is 19.1 Å². The lowest BCUT2D eigenvalue weighted by Gasteiger charge is -2.38. The number of ether oxygens (including phenoxy) is 2. The van der Waals surface area contributed by atoms with Crippen LogP contribution in [-0.2, 0) is 30.4 Å². The summed E-state index contributed by atoms with van der Waals surface area (Å²) in [5.74, 6) is -1.60. The fourth-order valence-corrected chi connectivity index (χ4v) is 4.86. The van der Waals surface area contributed by atoms with Crippen molar-refractivity contribution in [1.82, 2.24) is 4.90 Å². The molecule has 1 aromatic rings. The number of esters is 2. The summed E-state index contributed by atoms with van der Waals surface area (Å²) >= 11 is 0. The maximum Gasteiger partial charge on any atom is 0.315 e. The molecular formula is C22H28FNO5. The molecule has 158 valence electrons. The lowest BCUT2D eigenvalue weighted by molar-refractivity contribution is -0.156. The average Bonchev–Trinajstić information content (AvgIpc) is 3.29. The highest BCUT2D eigenvalue weighted by Crippen LogP contribution is 2.51. The van der Waals surface area contributed by atoms with Crippen molar-refractivity contribution in [3.05, 3.63) is 35.6 Å². The van der Waals surface area contributed by atoms with Gasteiger partial charge >= 0.3 is 11.9 Å². The first-order chi connectivity index (χ1) is 13.9.